The number of rotatable bonds is 8. The maximum absolute atomic E-state index is 13.7. The molecule has 2 amide bonds. The number of ether oxygens (including phenoxy) is 2. The molecule has 0 fully saturated rings. The molecule has 4 rings (SSSR count). The van der Waals surface area contributed by atoms with Crippen LogP contribution < -0.4 is 19.7 Å². The number of imide groups is 1. The Morgan fingerprint density at radius 1 is 0.853 bits per heavy atom. The van der Waals surface area contributed by atoms with Gasteiger partial charge in [0.2, 0.25) is 0 Å². The molecule has 174 valence electrons. The first-order valence-electron chi connectivity index (χ1n) is 11.3. The smallest absolute Gasteiger partial charge is 0.282 e. The number of benzene rings is 3. The van der Waals surface area contributed by atoms with E-state index in [4.69, 9.17) is 9.47 Å². The lowest BCUT2D eigenvalue weighted by Gasteiger charge is -2.17. The quantitative estimate of drug-likeness (QED) is 0.454. The van der Waals surface area contributed by atoms with Gasteiger partial charge in [0.15, 0.2) is 0 Å². The number of nitrogens with zero attached hydrogens (tertiary/aromatic N) is 1. The van der Waals surface area contributed by atoms with E-state index in [1.165, 1.54) is 4.90 Å². The lowest BCUT2D eigenvalue weighted by atomic mass is 10.0. The summed E-state index contributed by atoms with van der Waals surface area (Å²) >= 11 is 0. The van der Waals surface area contributed by atoms with E-state index in [-0.39, 0.29) is 11.6 Å². The third-order valence-electron chi connectivity index (χ3n) is 5.50. The van der Waals surface area contributed by atoms with Crippen LogP contribution in [0.1, 0.15) is 30.0 Å². The van der Waals surface area contributed by atoms with Crippen LogP contribution in [0.15, 0.2) is 72.4 Å². The van der Waals surface area contributed by atoms with Gasteiger partial charge in [0.1, 0.15) is 17.2 Å². The molecule has 0 unspecified atom stereocenters. The second kappa shape index (κ2) is 9.83. The van der Waals surface area contributed by atoms with Crippen LogP contribution in [-0.2, 0) is 9.59 Å². The minimum atomic E-state index is -0.404. The first-order chi connectivity index (χ1) is 16.4. The summed E-state index contributed by atoms with van der Waals surface area (Å²) in [4.78, 5) is 28.5. The SMILES string of the molecule is CCCOc1ccc(C2=C(Nc3cccc(OC)c3)C(=O)N(c3cc(C)cc(C)c3)C2=O)cc1. The van der Waals surface area contributed by atoms with E-state index in [0.29, 0.717) is 34.9 Å². The maximum atomic E-state index is 13.7. The molecule has 34 heavy (non-hydrogen) atoms. The minimum absolute atomic E-state index is 0.222. The molecule has 1 aliphatic rings. The highest BCUT2D eigenvalue weighted by Crippen LogP contribution is 2.35. The molecular formula is C28H28N2O4. The zero-order chi connectivity index (χ0) is 24.2. The largest absolute Gasteiger partial charge is 0.497 e. The summed E-state index contributed by atoms with van der Waals surface area (Å²) in [6.45, 7) is 6.54. The lowest BCUT2D eigenvalue weighted by molar-refractivity contribution is -0.120. The van der Waals surface area contributed by atoms with Gasteiger partial charge in [0.25, 0.3) is 11.8 Å². The van der Waals surface area contributed by atoms with Crippen molar-refractivity contribution >= 4 is 28.8 Å². The summed E-state index contributed by atoms with van der Waals surface area (Å²) in [6.07, 6.45) is 0.902. The Hall–Kier alpha value is -4.06. The van der Waals surface area contributed by atoms with E-state index in [1.54, 1.807) is 13.2 Å². The maximum Gasteiger partial charge on any atom is 0.282 e. The molecule has 1 heterocycles. The van der Waals surface area contributed by atoms with E-state index >= 15 is 0 Å². The Labute approximate surface area is 199 Å². The molecule has 6 nitrogen and oxygen atoms in total. The Kier molecular flexibility index (Phi) is 6.68. The fourth-order valence-electron chi connectivity index (χ4n) is 4.01. The Morgan fingerprint density at radius 3 is 2.21 bits per heavy atom. The van der Waals surface area contributed by atoms with Crippen LogP contribution in [0.5, 0.6) is 11.5 Å². The molecule has 6 heteroatoms. The average molecular weight is 457 g/mol. The Bertz CT molecular complexity index is 1240. The molecule has 0 atom stereocenters. The molecule has 0 aliphatic carbocycles. The number of aryl methyl sites for hydroxylation is 2. The first kappa shape index (κ1) is 23.1. The number of carbonyl (C=O) groups is 2. The minimum Gasteiger partial charge on any atom is -0.497 e. The molecule has 0 bridgehead atoms. The van der Waals surface area contributed by atoms with Crippen molar-refractivity contribution in [3.8, 4) is 11.5 Å². The molecule has 1 N–H and O–H groups in total. The highest BCUT2D eigenvalue weighted by atomic mass is 16.5. The average Bonchev–Trinajstić information content (AvgIpc) is 3.06. The van der Waals surface area contributed by atoms with Gasteiger partial charge in [-0.25, -0.2) is 4.90 Å². The van der Waals surface area contributed by atoms with Crippen LogP contribution >= 0.6 is 0 Å². The lowest BCUT2D eigenvalue weighted by Crippen LogP contribution is -2.32. The van der Waals surface area contributed by atoms with Crippen LogP contribution in [0.3, 0.4) is 0 Å². The van der Waals surface area contributed by atoms with Crippen molar-refractivity contribution < 1.29 is 19.1 Å². The number of hydrogen-bond donors (Lipinski definition) is 1. The monoisotopic (exact) mass is 456 g/mol. The second-order valence-corrected chi connectivity index (χ2v) is 8.27. The Balaban J connectivity index is 1.78. The molecule has 3 aromatic carbocycles. The van der Waals surface area contributed by atoms with Crippen molar-refractivity contribution in [1.29, 1.82) is 0 Å². The predicted octanol–water partition coefficient (Wildman–Crippen LogP) is 5.50. The van der Waals surface area contributed by atoms with Crippen molar-refractivity contribution in [2.24, 2.45) is 0 Å². The van der Waals surface area contributed by atoms with E-state index in [9.17, 15) is 9.59 Å². The van der Waals surface area contributed by atoms with Crippen LogP contribution in [0.4, 0.5) is 11.4 Å². The fraction of sp³-hybridized carbons (Fsp3) is 0.214. The van der Waals surface area contributed by atoms with Gasteiger partial charge < -0.3 is 14.8 Å². The molecule has 0 saturated carbocycles. The van der Waals surface area contributed by atoms with Gasteiger partial charge in [-0.3, -0.25) is 9.59 Å². The van der Waals surface area contributed by atoms with Crippen molar-refractivity contribution in [1.82, 2.24) is 0 Å². The molecule has 1 aliphatic heterocycles. The summed E-state index contributed by atoms with van der Waals surface area (Å²) in [7, 11) is 1.58. The van der Waals surface area contributed by atoms with Gasteiger partial charge in [-0.2, -0.15) is 0 Å². The fourth-order valence-corrected chi connectivity index (χ4v) is 4.01. The molecule has 3 aromatic rings. The highest BCUT2D eigenvalue weighted by molar-refractivity contribution is 6.46. The molecule has 0 aromatic heterocycles. The zero-order valence-corrected chi connectivity index (χ0v) is 19.8. The van der Waals surface area contributed by atoms with E-state index in [1.807, 2.05) is 81.4 Å². The third-order valence-corrected chi connectivity index (χ3v) is 5.50. The molecule has 0 saturated heterocycles. The second-order valence-electron chi connectivity index (χ2n) is 8.27. The number of amides is 2. The van der Waals surface area contributed by atoms with Gasteiger partial charge >= 0.3 is 0 Å². The number of anilines is 2. The van der Waals surface area contributed by atoms with Crippen LogP contribution in [0.2, 0.25) is 0 Å². The summed E-state index contributed by atoms with van der Waals surface area (Å²) in [5.74, 6) is 0.589. The van der Waals surface area contributed by atoms with Crippen molar-refractivity contribution in [3.05, 3.63) is 89.1 Å². The van der Waals surface area contributed by atoms with E-state index in [2.05, 4.69) is 5.32 Å². The van der Waals surface area contributed by atoms with Gasteiger partial charge in [0.05, 0.1) is 25.0 Å². The topological polar surface area (TPSA) is 67.9 Å². The first-order valence-corrected chi connectivity index (χ1v) is 11.3. The van der Waals surface area contributed by atoms with Crippen LogP contribution in [0, 0.1) is 13.8 Å². The zero-order valence-electron chi connectivity index (χ0n) is 19.8. The number of methoxy groups -OCH3 is 1. The third kappa shape index (κ3) is 4.66. The van der Waals surface area contributed by atoms with Gasteiger partial charge in [-0.05, 0) is 73.4 Å². The van der Waals surface area contributed by atoms with Gasteiger partial charge in [0, 0.05) is 11.8 Å². The van der Waals surface area contributed by atoms with Crippen molar-refractivity contribution in [2.45, 2.75) is 27.2 Å². The highest BCUT2D eigenvalue weighted by Gasteiger charge is 2.40. The van der Waals surface area contributed by atoms with Crippen molar-refractivity contribution in [3.63, 3.8) is 0 Å². The van der Waals surface area contributed by atoms with E-state index in [0.717, 1.165) is 23.3 Å². The van der Waals surface area contributed by atoms with Gasteiger partial charge in [-0.1, -0.05) is 31.2 Å². The number of nitrogens with one attached hydrogen (secondary N) is 1. The normalized spacial score (nSPS) is 13.5. The summed E-state index contributed by atoms with van der Waals surface area (Å²) < 4.78 is 11.0. The van der Waals surface area contributed by atoms with Gasteiger partial charge in [-0.15, -0.1) is 0 Å². The number of hydrogen-bond acceptors (Lipinski definition) is 5. The summed E-state index contributed by atoms with van der Waals surface area (Å²) in [5, 5.41) is 3.18. The number of carbonyl (C=O) groups excluding carboxylic acids is 2. The van der Waals surface area contributed by atoms with E-state index < -0.39 is 5.91 Å². The van der Waals surface area contributed by atoms with Crippen molar-refractivity contribution in [2.75, 3.05) is 23.9 Å². The Morgan fingerprint density at radius 2 is 1.56 bits per heavy atom. The molecule has 0 spiro atoms. The summed E-state index contributed by atoms with van der Waals surface area (Å²) in [6, 6.07) is 20.2. The van der Waals surface area contributed by atoms with Crippen LogP contribution in [-0.4, -0.2) is 25.5 Å². The van der Waals surface area contributed by atoms with Crippen LogP contribution in [0.25, 0.3) is 5.57 Å². The predicted molar refractivity (Wildman–Crippen MR) is 134 cm³/mol. The molecule has 0 radical (unpaired) electrons. The standard InChI is InChI=1S/C28H28N2O4/c1-5-13-34-23-11-9-20(10-12-23)25-26(29-21-7-6-8-24(17-21)33-4)28(32)30(27(25)31)22-15-18(2)14-19(3)16-22/h6-12,14-17,29H,5,13H2,1-4H3. The summed E-state index contributed by atoms with van der Waals surface area (Å²) in [5.41, 5.74) is 4.33. The molecular weight excluding hydrogens is 428 g/mol.